The molecule has 1 unspecified atom stereocenters. The molecule has 2 rings (SSSR count). The Bertz CT molecular complexity index is 573. The second-order valence-electron chi connectivity index (χ2n) is 3.74. The first kappa shape index (κ1) is 13.3. The van der Waals surface area contributed by atoms with E-state index in [1.54, 1.807) is 18.2 Å². The smallest absolute Gasteiger partial charge is 0.405 e. The lowest BCUT2D eigenvalue weighted by Gasteiger charge is -2.16. The summed E-state index contributed by atoms with van der Waals surface area (Å²) in [7, 11) is 0. The quantitative estimate of drug-likeness (QED) is 0.783. The minimum Gasteiger partial charge on any atom is -0.465 e. The minimum atomic E-state index is -1.21. The van der Waals surface area contributed by atoms with E-state index in [9.17, 15) is 9.90 Å². The van der Waals surface area contributed by atoms with Crippen molar-refractivity contribution in [2.75, 3.05) is 6.61 Å². The van der Waals surface area contributed by atoms with Crippen LogP contribution < -0.4 is 5.32 Å². The van der Waals surface area contributed by atoms with Crippen LogP contribution in [-0.2, 0) is 0 Å². The van der Waals surface area contributed by atoms with E-state index in [0.29, 0.717) is 16.3 Å². The van der Waals surface area contributed by atoms with Gasteiger partial charge in [0.1, 0.15) is 12.7 Å². The first-order valence-corrected chi connectivity index (χ1v) is 5.74. The molecule has 2 aromatic rings. The Morgan fingerprint density at radius 1 is 1.53 bits per heavy atom. The Balaban J connectivity index is 2.37. The topological polar surface area (TPSA) is 100 Å². The average molecular weight is 283 g/mol. The molecule has 7 nitrogen and oxygen atoms in total. The van der Waals surface area contributed by atoms with Crippen molar-refractivity contribution in [3.63, 3.8) is 0 Å². The van der Waals surface area contributed by atoms with Crippen molar-refractivity contribution in [2.45, 2.75) is 6.04 Å². The van der Waals surface area contributed by atoms with Crippen LogP contribution in [0.5, 0.6) is 0 Å². The third kappa shape index (κ3) is 3.01. The van der Waals surface area contributed by atoms with E-state index in [0.717, 1.165) is 0 Å². The normalized spacial score (nSPS) is 12.1. The highest BCUT2D eigenvalue weighted by molar-refractivity contribution is 6.32. The maximum atomic E-state index is 10.6. The van der Waals surface area contributed by atoms with Gasteiger partial charge in [-0.3, -0.25) is 0 Å². The number of carboxylic acid groups (broad SMARTS) is 1. The predicted octanol–water partition coefficient (Wildman–Crippen LogP) is 1.22. The fourth-order valence-corrected chi connectivity index (χ4v) is 1.84. The minimum absolute atomic E-state index is 0.356. The zero-order valence-corrected chi connectivity index (χ0v) is 10.4. The van der Waals surface area contributed by atoms with Crippen LogP contribution in [0.3, 0.4) is 0 Å². The van der Waals surface area contributed by atoms with Crippen LogP contribution >= 0.6 is 11.6 Å². The van der Waals surface area contributed by atoms with Crippen molar-refractivity contribution < 1.29 is 15.0 Å². The van der Waals surface area contributed by atoms with Crippen LogP contribution in [0.4, 0.5) is 4.79 Å². The van der Waals surface area contributed by atoms with Gasteiger partial charge in [0.2, 0.25) is 0 Å². The summed E-state index contributed by atoms with van der Waals surface area (Å²) in [5.74, 6) is 0. The molecule has 0 aliphatic rings. The zero-order valence-electron chi connectivity index (χ0n) is 9.69. The lowest BCUT2D eigenvalue weighted by atomic mass is 10.1. The van der Waals surface area contributed by atoms with E-state index in [-0.39, 0.29) is 6.61 Å². The van der Waals surface area contributed by atoms with Crippen LogP contribution in [0.15, 0.2) is 30.9 Å². The van der Waals surface area contributed by atoms with Gasteiger partial charge < -0.3 is 15.5 Å². The summed E-state index contributed by atoms with van der Waals surface area (Å²) in [5, 5.41) is 24.6. The fraction of sp³-hybridized carbons (Fsp3) is 0.182. The Hall–Kier alpha value is -2.12. The van der Waals surface area contributed by atoms with E-state index >= 15 is 0 Å². The van der Waals surface area contributed by atoms with Crippen molar-refractivity contribution in [3.05, 3.63) is 41.4 Å². The first-order valence-electron chi connectivity index (χ1n) is 5.36. The van der Waals surface area contributed by atoms with Gasteiger partial charge in [-0.15, -0.1) is 0 Å². The van der Waals surface area contributed by atoms with E-state index in [1.807, 2.05) is 0 Å². The summed E-state index contributed by atoms with van der Waals surface area (Å²) >= 11 is 6.05. The monoisotopic (exact) mass is 282 g/mol. The molecular formula is C11H11ClN4O3. The number of aliphatic hydroxyl groups is 1. The van der Waals surface area contributed by atoms with Gasteiger partial charge >= 0.3 is 6.09 Å². The number of hydrogen-bond acceptors (Lipinski definition) is 4. The predicted molar refractivity (Wildman–Crippen MR) is 67.4 cm³/mol. The molecule has 1 aromatic carbocycles. The largest absolute Gasteiger partial charge is 0.465 e. The van der Waals surface area contributed by atoms with Gasteiger partial charge in [-0.2, -0.15) is 5.10 Å². The van der Waals surface area contributed by atoms with Gasteiger partial charge in [0.05, 0.1) is 23.4 Å². The second kappa shape index (κ2) is 5.68. The average Bonchev–Trinajstić information content (AvgIpc) is 2.90. The van der Waals surface area contributed by atoms with E-state index < -0.39 is 12.1 Å². The third-order valence-electron chi connectivity index (χ3n) is 2.52. The number of hydrogen-bond donors (Lipinski definition) is 3. The molecule has 1 heterocycles. The molecule has 8 heteroatoms. The van der Waals surface area contributed by atoms with Crippen LogP contribution in [-0.4, -0.2) is 37.7 Å². The maximum absolute atomic E-state index is 10.6. The molecule has 19 heavy (non-hydrogen) atoms. The maximum Gasteiger partial charge on any atom is 0.405 e. The second-order valence-corrected chi connectivity index (χ2v) is 4.14. The van der Waals surface area contributed by atoms with Crippen molar-refractivity contribution in [1.29, 1.82) is 0 Å². The first-order chi connectivity index (χ1) is 9.11. The van der Waals surface area contributed by atoms with Gasteiger partial charge in [0.15, 0.2) is 0 Å². The Labute approximate surface area is 113 Å². The lowest BCUT2D eigenvalue weighted by molar-refractivity contribution is 0.177. The van der Waals surface area contributed by atoms with Gasteiger partial charge in [-0.05, 0) is 17.7 Å². The molecule has 1 atom stereocenters. The Morgan fingerprint density at radius 3 is 2.89 bits per heavy atom. The molecule has 0 bridgehead atoms. The number of halogens is 1. The summed E-state index contributed by atoms with van der Waals surface area (Å²) in [4.78, 5) is 14.5. The summed E-state index contributed by atoms with van der Waals surface area (Å²) in [5.41, 5.74) is 1.14. The number of benzene rings is 1. The fourth-order valence-electron chi connectivity index (χ4n) is 1.64. The molecule has 0 aliphatic heterocycles. The van der Waals surface area contributed by atoms with Crippen LogP contribution in [0.25, 0.3) is 5.69 Å². The summed E-state index contributed by atoms with van der Waals surface area (Å²) in [6.07, 6.45) is 1.63. The highest BCUT2D eigenvalue weighted by atomic mass is 35.5. The molecule has 0 saturated carbocycles. The summed E-state index contributed by atoms with van der Waals surface area (Å²) < 4.78 is 1.46. The highest BCUT2D eigenvalue weighted by Crippen LogP contribution is 2.24. The standard InChI is InChI=1S/C11H11ClN4O3/c12-8-2-1-7(9(4-17)15-11(18)19)3-10(8)16-6-13-5-14-16/h1-3,5-6,9,15,17H,4H2,(H,18,19). The van der Waals surface area contributed by atoms with Crippen LogP contribution in [0.1, 0.15) is 11.6 Å². The van der Waals surface area contributed by atoms with E-state index in [1.165, 1.54) is 17.3 Å². The van der Waals surface area contributed by atoms with Gasteiger partial charge in [-0.1, -0.05) is 17.7 Å². The summed E-state index contributed by atoms with van der Waals surface area (Å²) in [6, 6.07) is 4.17. The van der Waals surface area contributed by atoms with Gasteiger partial charge in [0, 0.05) is 0 Å². The molecule has 1 amide bonds. The van der Waals surface area contributed by atoms with Gasteiger partial charge in [-0.25, -0.2) is 14.5 Å². The van der Waals surface area contributed by atoms with Gasteiger partial charge in [0.25, 0.3) is 0 Å². The number of amides is 1. The molecule has 100 valence electrons. The molecule has 0 spiro atoms. The lowest BCUT2D eigenvalue weighted by Crippen LogP contribution is -2.29. The molecule has 0 radical (unpaired) electrons. The number of nitrogens with one attached hydrogen (secondary N) is 1. The van der Waals surface area contributed by atoms with E-state index in [4.69, 9.17) is 16.7 Å². The van der Waals surface area contributed by atoms with Crippen molar-refractivity contribution >= 4 is 17.7 Å². The number of aromatic nitrogens is 3. The molecule has 0 saturated heterocycles. The highest BCUT2D eigenvalue weighted by Gasteiger charge is 2.15. The SMILES string of the molecule is O=C(O)NC(CO)c1ccc(Cl)c(-n2cncn2)c1. The van der Waals surface area contributed by atoms with Crippen LogP contribution in [0.2, 0.25) is 5.02 Å². The number of nitrogens with zero attached hydrogens (tertiary/aromatic N) is 3. The van der Waals surface area contributed by atoms with Crippen molar-refractivity contribution in [2.24, 2.45) is 0 Å². The summed E-state index contributed by atoms with van der Waals surface area (Å²) in [6.45, 7) is -0.356. The van der Waals surface area contributed by atoms with Crippen LogP contribution in [0, 0.1) is 0 Å². The van der Waals surface area contributed by atoms with Crippen molar-refractivity contribution in [3.8, 4) is 5.69 Å². The van der Waals surface area contributed by atoms with Crippen molar-refractivity contribution in [1.82, 2.24) is 20.1 Å². The Kier molecular flexibility index (Phi) is 3.98. The molecule has 1 aromatic heterocycles. The number of rotatable bonds is 4. The van der Waals surface area contributed by atoms with E-state index in [2.05, 4.69) is 15.4 Å². The third-order valence-corrected chi connectivity index (χ3v) is 2.84. The zero-order chi connectivity index (χ0) is 13.8. The molecule has 0 fully saturated rings. The Morgan fingerprint density at radius 2 is 2.32 bits per heavy atom. The number of carbonyl (C=O) groups is 1. The molecule has 0 aliphatic carbocycles. The molecule has 3 N–H and O–H groups in total. The molecular weight excluding hydrogens is 272 g/mol. The number of aliphatic hydroxyl groups excluding tert-OH is 1.